The molecular weight excluding hydrogens is 380 g/mol. The molecule has 3 nitrogen and oxygen atoms in total. The lowest BCUT2D eigenvalue weighted by atomic mass is 10.1. The van der Waals surface area contributed by atoms with E-state index >= 15 is 0 Å². The minimum atomic E-state index is 0.521. The number of nitrogens with zero attached hydrogens (tertiary/aromatic N) is 1. The quantitative estimate of drug-likeness (QED) is 0.296. The number of fused-ring (bicyclic) bond motifs is 1. The van der Waals surface area contributed by atoms with Crippen LogP contribution in [0.5, 0.6) is 5.75 Å². The van der Waals surface area contributed by atoms with Gasteiger partial charge in [-0.15, -0.1) is 0 Å². The lowest BCUT2D eigenvalue weighted by Gasteiger charge is -2.09. The molecule has 0 unspecified atom stereocenters. The average Bonchev–Trinajstić information content (AvgIpc) is 2.77. The third-order valence-corrected chi connectivity index (χ3v) is 5.03. The Bertz CT molecular complexity index is 1130. The van der Waals surface area contributed by atoms with Crippen molar-refractivity contribution in [2.75, 3.05) is 0 Å². The van der Waals surface area contributed by atoms with Gasteiger partial charge < -0.3 is 10.2 Å². The molecule has 0 radical (unpaired) electrons. The highest BCUT2D eigenvalue weighted by atomic mass is 35.5. The van der Waals surface area contributed by atoms with Gasteiger partial charge in [0.15, 0.2) is 0 Å². The summed E-state index contributed by atoms with van der Waals surface area (Å²) in [5.41, 5.74) is 6.18. The maximum atomic E-state index is 6.15. The summed E-state index contributed by atoms with van der Waals surface area (Å²) in [5.74, 6) is 0.813. The van der Waals surface area contributed by atoms with Crippen molar-refractivity contribution < 1.29 is 4.74 Å². The zero-order valence-electron chi connectivity index (χ0n) is 15.9. The molecule has 0 fully saturated rings. The monoisotopic (exact) mass is 400 g/mol. The molecule has 0 aliphatic carbocycles. The van der Waals surface area contributed by atoms with Gasteiger partial charge in [-0.05, 0) is 45.7 Å². The van der Waals surface area contributed by atoms with Crippen LogP contribution in [0, 0.1) is 0 Å². The predicted molar refractivity (Wildman–Crippen MR) is 121 cm³/mol. The smallest absolute Gasteiger partial charge is 0.120 e. The van der Waals surface area contributed by atoms with Gasteiger partial charge >= 0.3 is 0 Å². The number of benzene rings is 4. The molecule has 0 bridgehead atoms. The summed E-state index contributed by atoms with van der Waals surface area (Å²) in [6.45, 7) is 1.10. The normalized spacial score (nSPS) is 11.1. The lowest BCUT2D eigenvalue weighted by molar-refractivity contribution is 0.307. The van der Waals surface area contributed by atoms with Gasteiger partial charge in [-0.1, -0.05) is 84.4 Å². The molecule has 144 valence electrons. The first kappa shape index (κ1) is 19.0. The highest BCUT2D eigenvalue weighted by Gasteiger charge is 2.02. The van der Waals surface area contributed by atoms with Crippen LogP contribution in [0.1, 0.15) is 16.7 Å². The molecule has 0 saturated carbocycles. The van der Waals surface area contributed by atoms with E-state index in [-0.39, 0.29) is 0 Å². The van der Waals surface area contributed by atoms with E-state index in [4.69, 9.17) is 16.3 Å². The summed E-state index contributed by atoms with van der Waals surface area (Å²) >= 11 is 6.15. The van der Waals surface area contributed by atoms with Crippen molar-refractivity contribution in [2.45, 2.75) is 13.2 Å². The molecule has 0 saturated heterocycles. The minimum absolute atomic E-state index is 0.521. The lowest BCUT2D eigenvalue weighted by Crippen LogP contribution is -2.06. The van der Waals surface area contributed by atoms with E-state index in [1.54, 1.807) is 6.21 Å². The molecule has 4 rings (SSSR count). The first-order chi connectivity index (χ1) is 14.3. The standard InChI is InChI=1S/C25H21ClN2O/c26-25-14-4-2-9-21(25)17-28-27-16-19-7-5-12-23(15-19)29-18-22-11-6-10-20-8-1-3-13-24(20)22/h1-16,28H,17-18H2/b27-16-. The van der Waals surface area contributed by atoms with Crippen LogP contribution in [0.2, 0.25) is 5.02 Å². The zero-order valence-corrected chi connectivity index (χ0v) is 16.6. The van der Waals surface area contributed by atoms with Crippen LogP contribution in [0.25, 0.3) is 10.8 Å². The molecule has 1 N–H and O–H groups in total. The second kappa shape index (κ2) is 9.26. The van der Waals surface area contributed by atoms with Gasteiger partial charge in [0.25, 0.3) is 0 Å². The number of hydrazone groups is 1. The van der Waals surface area contributed by atoms with Crippen LogP contribution >= 0.6 is 11.6 Å². The van der Waals surface area contributed by atoms with Crippen LogP contribution in [0.3, 0.4) is 0 Å². The molecule has 4 heteroatoms. The summed E-state index contributed by atoms with van der Waals surface area (Å²) in [6.07, 6.45) is 1.78. The largest absolute Gasteiger partial charge is 0.489 e. The van der Waals surface area contributed by atoms with Crippen molar-refractivity contribution in [3.8, 4) is 5.75 Å². The van der Waals surface area contributed by atoms with E-state index in [1.807, 2.05) is 48.5 Å². The number of hydrogen-bond acceptors (Lipinski definition) is 3. The van der Waals surface area contributed by atoms with E-state index in [1.165, 1.54) is 16.3 Å². The first-order valence-electron chi connectivity index (χ1n) is 9.48. The Morgan fingerprint density at radius 1 is 0.828 bits per heavy atom. The van der Waals surface area contributed by atoms with Crippen LogP contribution in [-0.4, -0.2) is 6.21 Å². The maximum absolute atomic E-state index is 6.15. The summed E-state index contributed by atoms with van der Waals surface area (Å²) in [6, 6.07) is 30.3. The van der Waals surface area contributed by atoms with E-state index in [0.29, 0.717) is 13.2 Å². The Hall–Kier alpha value is -3.30. The van der Waals surface area contributed by atoms with Crippen molar-refractivity contribution >= 4 is 28.6 Å². The van der Waals surface area contributed by atoms with E-state index in [9.17, 15) is 0 Å². The fourth-order valence-electron chi connectivity index (χ4n) is 3.16. The second-order valence-electron chi connectivity index (χ2n) is 6.68. The Morgan fingerprint density at radius 2 is 1.59 bits per heavy atom. The predicted octanol–water partition coefficient (Wildman–Crippen LogP) is 6.20. The minimum Gasteiger partial charge on any atom is -0.489 e. The van der Waals surface area contributed by atoms with Gasteiger partial charge in [0, 0.05) is 5.02 Å². The molecule has 0 spiro atoms. The second-order valence-corrected chi connectivity index (χ2v) is 7.09. The molecule has 29 heavy (non-hydrogen) atoms. The SMILES string of the molecule is Clc1ccccc1CN/N=C\c1cccc(OCc2cccc3ccccc23)c1. The third-order valence-electron chi connectivity index (χ3n) is 4.66. The third kappa shape index (κ3) is 4.95. The van der Waals surface area contributed by atoms with Crippen molar-refractivity contribution in [2.24, 2.45) is 5.10 Å². The molecule has 0 aliphatic heterocycles. The Kier molecular flexibility index (Phi) is 6.08. The Labute approximate surface area is 175 Å². The molecule has 4 aromatic rings. The Morgan fingerprint density at radius 3 is 2.52 bits per heavy atom. The Balaban J connectivity index is 1.38. The van der Waals surface area contributed by atoms with Crippen LogP contribution in [0.15, 0.2) is 96.1 Å². The first-order valence-corrected chi connectivity index (χ1v) is 9.86. The van der Waals surface area contributed by atoms with Crippen LogP contribution < -0.4 is 10.2 Å². The van der Waals surface area contributed by atoms with E-state index in [0.717, 1.165) is 21.9 Å². The molecule has 4 aromatic carbocycles. The average molecular weight is 401 g/mol. The molecule has 0 aromatic heterocycles. The summed E-state index contributed by atoms with van der Waals surface area (Å²) in [5, 5.41) is 7.46. The van der Waals surface area contributed by atoms with Gasteiger partial charge in [0.05, 0.1) is 12.8 Å². The molecule has 0 heterocycles. The molecule has 0 atom stereocenters. The summed E-state index contributed by atoms with van der Waals surface area (Å²) < 4.78 is 6.03. The van der Waals surface area contributed by atoms with Crippen molar-refractivity contribution in [3.05, 3.63) is 113 Å². The molecular formula is C25H21ClN2O. The number of nitrogens with one attached hydrogen (secondary N) is 1. The van der Waals surface area contributed by atoms with Crippen molar-refractivity contribution in [1.29, 1.82) is 0 Å². The van der Waals surface area contributed by atoms with Gasteiger partial charge in [0.1, 0.15) is 12.4 Å². The van der Waals surface area contributed by atoms with E-state index < -0.39 is 0 Å². The highest BCUT2D eigenvalue weighted by molar-refractivity contribution is 6.31. The fraction of sp³-hybridized carbons (Fsp3) is 0.0800. The van der Waals surface area contributed by atoms with Crippen LogP contribution in [0.4, 0.5) is 0 Å². The van der Waals surface area contributed by atoms with Crippen molar-refractivity contribution in [3.63, 3.8) is 0 Å². The number of ether oxygens (including phenoxy) is 1. The highest BCUT2D eigenvalue weighted by Crippen LogP contribution is 2.21. The summed E-state index contributed by atoms with van der Waals surface area (Å²) in [7, 11) is 0. The van der Waals surface area contributed by atoms with Gasteiger partial charge in [-0.25, -0.2) is 0 Å². The maximum Gasteiger partial charge on any atom is 0.120 e. The number of hydrogen-bond donors (Lipinski definition) is 1. The van der Waals surface area contributed by atoms with Crippen molar-refractivity contribution in [1.82, 2.24) is 5.43 Å². The number of halogens is 1. The topological polar surface area (TPSA) is 33.6 Å². The zero-order chi connectivity index (χ0) is 19.9. The van der Waals surface area contributed by atoms with Gasteiger partial charge in [-0.2, -0.15) is 5.10 Å². The molecule has 0 amide bonds. The number of rotatable bonds is 7. The van der Waals surface area contributed by atoms with E-state index in [2.05, 4.69) is 53.0 Å². The van der Waals surface area contributed by atoms with Gasteiger partial charge in [0.2, 0.25) is 0 Å². The van der Waals surface area contributed by atoms with Gasteiger partial charge in [-0.3, -0.25) is 0 Å². The molecule has 0 aliphatic rings. The fourth-order valence-corrected chi connectivity index (χ4v) is 3.36. The van der Waals surface area contributed by atoms with Crippen LogP contribution in [-0.2, 0) is 13.2 Å². The summed E-state index contributed by atoms with van der Waals surface area (Å²) in [4.78, 5) is 0.